The Balaban J connectivity index is 1.43. The molecule has 0 saturated carbocycles. The normalized spacial score (nSPS) is 11.5. The first-order chi connectivity index (χ1) is 14.7. The molecule has 0 aliphatic rings. The van der Waals surface area contributed by atoms with Crippen LogP contribution in [0.2, 0.25) is 0 Å². The molecule has 146 valence electrons. The number of hydrogen-bond acceptors (Lipinski definition) is 4. The lowest BCUT2D eigenvalue weighted by molar-refractivity contribution is 0.420. The van der Waals surface area contributed by atoms with Crippen molar-refractivity contribution in [3.63, 3.8) is 0 Å². The number of hydrogen-bond donors (Lipinski definition) is 0. The molecule has 0 fully saturated rings. The Kier molecular flexibility index (Phi) is 4.77. The third kappa shape index (κ3) is 3.46. The van der Waals surface area contributed by atoms with Crippen LogP contribution >= 0.6 is 11.3 Å². The summed E-state index contributed by atoms with van der Waals surface area (Å²) in [5.41, 5.74) is 5.40. The molecule has 0 spiro atoms. The van der Waals surface area contributed by atoms with E-state index in [-0.39, 0.29) is 0 Å². The van der Waals surface area contributed by atoms with Crippen LogP contribution in [0.4, 0.5) is 5.69 Å². The largest absolute Gasteiger partial charge is 0.496 e. The second kappa shape index (κ2) is 7.73. The molecule has 5 rings (SSSR count). The second-order valence-corrected chi connectivity index (χ2v) is 8.23. The van der Waals surface area contributed by atoms with Crippen LogP contribution in [0.1, 0.15) is 11.1 Å². The van der Waals surface area contributed by atoms with Gasteiger partial charge in [0, 0.05) is 22.7 Å². The molecule has 0 amide bonds. The van der Waals surface area contributed by atoms with Crippen molar-refractivity contribution in [2.75, 3.05) is 7.11 Å². The fraction of sp³-hybridized carbons (Fsp3) is 0.0769. The van der Waals surface area contributed by atoms with E-state index < -0.39 is 0 Å². The Morgan fingerprint density at radius 3 is 2.50 bits per heavy atom. The number of methoxy groups -OCH3 is 1. The van der Waals surface area contributed by atoms with Gasteiger partial charge < -0.3 is 4.74 Å². The van der Waals surface area contributed by atoms with Crippen molar-refractivity contribution in [1.82, 2.24) is 4.98 Å². The fourth-order valence-electron chi connectivity index (χ4n) is 3.57. The van der Waals surface area contributed by atoms with Gasteiger partial charge in [0.1, 0.15) is 10.8 Å². The summed E-state index contributed by atoms with van der Waals surface area (Å²) in [4.78, 5) is 9.45. The molecular weight excluding hydrogens is 388 g/mol. The molecule has 0 unspecified atom stereocenters. The summed E-state index contributed by atoms with van der Waals surface area (Å²) < 4.78 is 6.70. The predicted octanol–water partition coefficient (Wildman–Crippen LogP) is 7.18. The molecule has 30 heavy (non-hydrogen) atoms. The third-order valence-corrected chi connectivity index (χ3v) is 6.22. The van der Waals surface area contributed by atoms with Gasteiger partial charge in [-0.25, -0.2) is 4.98 Å². The lowest BCUT2D eigenvalue weighted by Gasteiger charge is -2.07. The van der Waals surface area contributed by atoms with Gasteiger partial charge in [0.05, 0.1) is 23.0 Å². The average molecular weight is 409 g/mol. The summed E-state index contributed by atoms with van der Waals surface area (Å²) in [7, 11) is 1.70. The van der Waals surface area contributed by atoms with E-state index in [4.69, 9.17) is 9.72 Å². The summed E-state index contributed by atoms with van der Waals surface area (Å²) in [6, 6.07) is 26.9. The van der Waals surface area contributed by atoms with Crippen molar-refractivity contribution >= 4 is 44.2 Å². The van der Waals surface area contributed by atoms with Crippen molar-refractivity contribution in [2.45, 2.75) is 6.92 Å². The Morgan fingerprint density at radius 2 is 1.70 bits per heavy atom. The van der Waals surface area contributed by atoms with Gasteiger partial charge in [0.25, 0.3) is 0 Å². The molecule has 3 nitrogen and oxygen atoms in total. The van der Waals surface area contributed by atoms with E-state index in [2.05, 4.69) is 54.4 Å². The highest BCUT2D eigenvalue weighted by molar-refractivity contribution is 7.21. The van der Waals surface area contributed by atoms with Crippen LogP contribution in [-0.2, 0) is 0 Å². The zero-order chi connectivity index (χ0) is 20.5. The number of benzene rings is 4. The van der Waals surface area contributed by atoms with Crippen LogP contribution in [0.15, 0.2) is 83.9 Å². The van der Waals surface area contributed by atoms with Crippen LogP contribution in [0.3, 0.4) is 0 Å². The summed E-state index contributed by atoms with van der Waals surface area (Å²) in [5, 5.41) is 3.25. The highest BCUT2D eigenvalue weighted by Gasteiger charge is 2.07. The van der Waals surface area contributed by atoms with Gasteiger partial charge in [-0.2, -0.15) is 0 Å². The third-order valence-electron chi connectivity index (χ3n) is 5.15. The van der Waals surface area contributed by atoms with E-state index >= 15 is 0 Å². The molecule has 0 radical (unpaired) electrons. The predicted molar refractivity (Wildman–Crippen MR) is 128 cm³/mol. The molecule has 0 atom stereocenters. The molecule has 1 aromatic heterocycles. The molecular formula is C26H20N2OS. The number of fused-ring (bicyclic) bond motifs is 2. The van der Waals surface area contributed by atoms with Gasteiger partial charge in [-0.1, -0.05) is 30.3 Å². The number of aromatic nitrogens is 1. The molecule has 0 aliphatic carbocycles. The van der Waals surface area contributed by atoms with E-state index in [1.807, 2.05) is 42.6 Å². The molecule has 4 heteroatoms. The second-order valence-electron chi connectivity index (χ2n) is 7.20. The maximum Gasteiger partial charge on any atom is 0.126 e. The van der Waals surface area contributed by atoms with E-state index in [1.54, 1.807) is 18.4 Å². The van der Waals surface area contributed by atoms with Crippen LogP contribution in [0, 0.1) is 6.92 Å². The van der Waals surface area contributed by atoms with E-state index in [0.29, 0.717) is 0 Å². The van der Waals surface area contributed by atoms with Gasteiger partial charge in [-0.15, -0.1) is 11.3 Å². The maximum atomic E-state index is 5.48. The number of nitrogens with zero attached hydrogens (tertiary/aromatic N) is 2. The topological polar surface area (TPSA) is 34.5 Å². The Hall–Kier alpha value is -3.50. The molecule has 4 aromatic carbocycles. The molecule has 1 heterocycles. The van der Waals surface area contributed by atoms with Crippen molar-refractivity contribution in [3.8, 4) is 16.3 Å². The summed E-state index contributed by atoms with van der Waals surface area (Å²) in [6.45, 7) is 2.11. The number of thiazole rings is 1. The van der Waals surface area contributed by atoms with Crippen molar-refractivity contribution in [2.24, 2.45) is 4.99 Å². The van der Waals surface area contributed by atoms with Gasteiger partial charge in [0.2, 0.25) is 0 Å². The van der Waals surface area contributed by atoms with Crippen LogP contribution < -0.4 is 4.74 Å². The SMILES string of the molecule is COc1ccc(/C=N/c2ccc(-c3nc4ccc(C)cc4s3)cc2)c2ccccc12. The number of aryl methyl sites for hydroxylation is 1. The van der Waals surface area contributed by atoms with E-state index in [9.17, 15) is 0 Å². The first kappa shape index (κ1) is 18.5. The van der Waals surface area contributed by atoms with Crippen molar-refractivity contribution in [3.05, 3.63) is 90.0 Å². The lowest BCUT2D eigenvalue weighted by Crippen LogP contribution is -1.89. The van der Waals surface area contributed by atoms with Gasteiger partial charge in [-0.05, 0) is 66.4 Å². The van der Waals surface area contributed by atoms with Gasteiger partial charge >= 0.3 is 0 Å². The standard InChI is InChI=1S/C26H20N2OS/c1-17-7-13-23-25(15-17)30-26(28-23)18-8-11-20(12-9-18)27-16-19-10-14-24(29-2)22-6-4-3-5-21(19)22/h3-16H,1-2H3/b27-16+. The Morgan fingerprint density at radius 1 is 0.900 bits per heavy atom. The summed E-state index contributed by atoms with van der Waals surface area (Å²) in [6.07, 6.45) is 1.91. The lowest BCUT2D eigenvalue weighted by atomic mass is 10.0. The summed E-state index contributed by atoms with van der Waals surface area (Å²) >= 11 is 1.72. The number of rotatable bonds is 4. The zero-order valence-electron chi connectivity index (χ0n) is 16.8. The first-order valence-corrected chi connectivity index (χ1v) is 10.6. The van der Waals surface area contributed by atoms with Crippen LogP contribution in [-0.4, -0.2) is 18.3 Å². The van der Waals surface area contributed by atoms with Crippen molar-refractivity contribution in [1.29, 1.82) is 0 Å². The quantitative estimate of drug-likeness (QED) is 0.295. The van der Waals surface area contributed by atoms with Crippen LogP contribution in [0.5, 0.6) is 5.75 Å². The van der Waals surface area contributed by atoms with E-state index in [1.165, 1.54) is 10.3 Å². The van der Waals surface area contributed by atoms with Crippen LogP contribution in [0.25, 0.3) is 31.6 Å². The minimum absolute atomic E-state index is 0.873. The highest BCUT2D eigenvalue weighted by Crippen LogP contribution is 2.32. The molecule has 0 N–H and O–H groups in total. The Bertz CT molecular complexity index is 1380. The maximum absolute atomic E-state index is 5.48. The first-order valence-electron chi connectivity index (χ1n) is 9.79. The monoisotopic (exact) mass is 408 g/mol. The highest BCUT2D eigenvalue weighted by atomic mass is 32.1. The number of aliphatic imine (C=N–C) groups is 1. The van der Waals surface area contributed by atoms with E-state index in [0.717, 1.165) is 43.9 Å². The fourth-order valence-corrected chi connectivity index (χ4v) is 4.64. The number of ether oxygens (including phenoxy) is 1. The van der Waals surface area contributed by atoms with Gasteiger partial charge in [0.15, 0.2) is 0 Å². The average Bonchev–Trinajstić information content (AvgIpc) is 3.21. The minimum Gasteiger partial charge on any atom is -0.496 e. The Labute approximate surface area is 179 Å². The minimum atomic E-state index is 0.873. The zero-order valence-corrected chi connectivity index (χ0v) is 17.6. The van der Waals surface area contributed by atoms with Crippen molar-refractivity contribution < 1.29 is 4.74 Å². The molecule has 5 aromatic rings. The molecule has 0 saturated heterocycles. The molecule has 0 aliphatic heterocycles. The smallest absolute Gasteiger partial charge is 0.126 e. The molecule has 0 bridgehead atoms. The summed E-state index contributed by atoms with van der Waals surface area (Å²) in [5.74, 6) is 0.873. The van der Waals surface area contributed by atoms with Gasteiger partial charge in [-0.3, -0.25) is 4.99 Å².